The second-order valence-electron chi connectivity index (χ2n) is 6.48. The third-order valence-electron chi connectivity index (χ3n) is 4.43. The topological polar surface area (TPSA) is 82.0 Å². The van der Waals surface area contributed by atoms with Crippen LogP contribution >= 0.6 is 22.9 Å². The van der Waals surface area contributed by atoms with Gasteiger partial charge in [-0.15, -0.1) is 11.3 Å². The van der Waals surface area contributed by atoms with E-state index in [9.17, 15) is 14.9 Å². The van der Waals surface area contributed by atoms with Gasteiger partial charge in [-0.05, 0) is 61.4 Å². The van der Waals surface area contributed by atoms with Gasteiger partial charge in [-0.2, -0.15) is 5.26 Å². The van der Waals surface area contributed by atoms with Gasteiger partial charge in [-0.25, -0.2) is 0 Å². The van der Waals surface area contributed by atoms with Crippen LogP contribution in [0.25, 0.3) is 0 Å². The van der Waals surface area contributed by atoms with E-state index in [0.717, 1.165) is 16.0 Å². The number of nitriles is 1. The van der Waals surface area contributed by atoms with Gasteiger partial charge in [0.15, 0.2) is 0 Å². The molecule has 0 spiro atoms. The Bertz CT molecular complexity index is 1100. The number of nitrogens with one attached hydrogen (secondary N) is 2. The first-order valence-electron chi connectivity index (χ1n) is 8.83. The Hall–Kier alpha value is -3.14. The maximum absolute atomic E-state index is 12.5. The molecule has 29 heavy (non-hydrogen) atoms. The molecule has 0 atom stereocenters. The molecule has 0 aliphatic carbocycles. The molecule has 7 heteroatoms. The number of aryl methyl sites for hydroxylation is 1. The Morgan fingerprint density at radius 1 is 1.03 bits per heavy atom. The van der Waals surface area contributed by atoms with E-state index in [-0.39, 0.29) is 18.2 Å². The van der Waals surface area contributed by atoms with Gasteiger partial charge < -0.3 is 10.6 Å². The Balaban J connectivity index is 1.63. The summed E-state index contributed by atoms with van der Waals surface area (Å²) in [5.74, 6) is -0.463. The van der Waals surface area contributed by atoms with E-state index in [0.29, 0.717) is 26.8 Å². The van der Waals surface area contributed by atoms with E-state index < -0.39 is 0 Å². The van der Waals surface area contributed by atoms with Crippen LogP contribution in [-0.2, 0) is 11.2 Å². The average Bonchev–Trinajstić information content (AvgIpc) is 2.96. The van der Waals surface area contributed by atoms with Gasteiger partial charge in [0.1, 0.15) is 11.1 Å². The SMILES string of the molecule is Cc1sc(NC(=O)c2ccc(NC(=O)Cc3ccc(Cl)cc3)cc2)c(C#N)c1C. The van der Waals surface area contributed by atoms with Crippen LogP contribution in [-0.4, -0.2) is 11.8 Å². The number of thiophene rings is 1. The lowest BCUT2D eigenvalue weighted by atomic mass is 10.1. The fourth-order valence-electron chi connectivity index (χ4n) is 2.72. The van der Waals surface area contributed by atoms with Crippen LogP contribution in [0.4, 0.5) is 10.7 Å². The number of carbonyl (C=O) groups is 2. The summed E-state index contributed by atoms with van der Waals surface area (Å²) in [6, 6.07) is 15.8. The zero-order chi connectivity index (χ0) is 21.0. The van der Waals surface area contributed by atoms with Crippen LogP contribution in [0.1, 0.15) is 31.9 Å². The summed E-state index contributed by atoms with van der Waals surface area (Å²) >= 11 is 7.23. The Morgan fingerprint density at radius 3 is 2.31 bits per heavy atom. The molecular weight excluding hydrogens is 406 g/mol. The Morgan fingerprint density at radius 2 is 1.69 bits per heavy atom. The lowest BCUT2D eigenvalue weighted by molar-refractivity contribution is -0.115. The third kappa shape index (κ3) is 5.02. The van der Waals surface area contributed by atoms with E-state index in [1.807, 2.05) is 13.8 Å². The molecule has 0 saturated heterocycles. The van der Waals surface area contributed by atoms with Crippen LogP contribution in [0.5, 0.6) is 0 Å². The number of hydrogen-bond acceptors (Lipinski definition) is 4. The summed E-state index contributed by atoms with van der Waals surface area (Å²) in [5, 5.41) is 16.1. The first-order chi connectivity index (χ1) is 13.9. The molecule has 1 heterocycles. The molecule has 0 radical (unpaired) electrons. The van der Waals surface area contributed by atoms with Crippen molar-refractivity contribution in [2.24, 2.45) is 0 Å². The number of carbonyl (C=O) groups excluding carboxylic acids is 2. The molecule has 3 aromatic rings. The number of hydrogen-bond donors (Lipinski definition) is 2. The van der Waals surface area contributed by atoms with Crippen molar-refractivity contribution in [3.8, 4) is 6.07 Å². The first-order valence-corrected chi connectivity index (χ1v) is 10.0. The van der Waals surface area contributed by atoms with Crippen molar-refractivity contribution >= 4 is 45.4 Å². The summed E-state index contributed by atoms with van der Waals surface area (Å²) in [5.41, 5.74) is 3.27. The number of amides is 2. The zero-order valence-electron chi connectivity index (χ0n) is 15.9. The summed E-state index contributed by atoms with van der Waals surface area (Å²) in [6.45, 7) is 3.78. The van der Waals surface area contributed by atoms with Crippen molar-refractivity contribution in [2.75, 3.05) is 10.6 Å². The number of nitrogens with zero attached hydrogens (tertiary/aromatic N) is 1. The highest BCUT2D eigenvalue weighted by Crippen LogP contribution is 2.32. The summed E-state index contributed by atoms with van der Waals surface area (Å²) in [7, 11) is 0. The highest BCUT2D eigenvalue weighted by Gasteiger charge is 2.15. The monoisotopic (exact) mass is 423 g/mol. The molecule has 0 unspecified atom stereocenters. The predicted molar refractivity (Wildman–Crippen MR) is 117 cm³/mol. The fraction of sp³-hybridized carbons (Fsp3) is 0.136. The summed E-state index contributed by atoms with van der Waals surface area (Å²) in [4.78, 5) is 25.7. The number of halogens is 1. The second-order valence-corrected chi connectivity index (χ2v) is 8.14. The van der Waals surface area contributed by atoms with Crippen molar-refractivity contribution in [1.29, 1.82) is 5.26 Å². The van der Waals surface area contributed by atoms with Gasteiger partial charge in [0.25, 0.3) is 5.91 Å². The van der Waals surface area contributed by atoms with Gasteiger partial charge in [-0.3, -0.25) is 9.59 Å². The van der Waals surface area contributed by atoms with Gasteiger partial charge in [0.2, 0.25) is 5.91 Å². The zero-order valence-corrected chi connectivity index (χ0v) is 17.4. The van der Waals surface area contributed by atoms with E-state index >= 15 is 0 Å². The van der Waals surface area contributed by atoms with Gasteiger partial charge in [0.05, 0.1) is 12.0 Å². The normalized spacial score (nSPS) is 10.3. The fourth-order valence-corrected chi connectivity index (χ4v) is 3.85. The second kappa shape index (κ2) is 8.91. The van der Waals surface area contributed by atoms with E-state index in [2.05, 4.69) is 16.7 Å². The van der Waals surface area contributed by atoms with Crippen LogP contribution in [0.3, 0.4) is 0 Å². The van der Waals surface area contributed by atoms with Gasteiger partial charge >= 0.3 is 0 Å². The Labute approximate surface area is 177 Å². The third-order valence-corrected chi connectivity index (χ3v) is 5.81. The predicted octanol–water partition coefficient (Wildman–Crippen LogP) is 5.32. The average molecular weight is 424 g/mol. The first kappa shape index (κ1) is 20.6. The number of rotatable bonds is 5. The summed E-state index contributed by atoms with van der Waals surface area (Å²) < 4.78 is 0. The summed E-state index contributed by atoms with van der Waals surface area (Å²) in [6.07, 6.45) is 0.230. The standard InChI is InChI=1S/C22H18ClN3O2S/c1-13-14(2)29-22(19(13)12-24)26-21(28)16-5-9-18(10-6-16)25-20(27)11-15-3-7-17(23)8-4-15/h3-10H,11H2,1-2H3,(H,25,27)(H,26,28). The van der Waals surface area contributed by atoms with Gasteiger partial charge in [-0.1, -0.05) is 23.7 Å². The molecule has 5 nitrogen and oxygen atoms in total. The van der Waals surface area contributed by atoms with Crippen molar-refractivity contribution < 1.29 is 9.59 Å². The number of benzene rings is 2. The molecule has 3 rings (SSSR count). The van der Waals surface area contributed by atoms with Crippen LogP contribution in [0.15, 0.2) is 48.5 Å². The molecule has 0 bridgehead atoms. The molecular formula is C22H18ClN3O2S. The lowest BCUT2D eigenvalue weighted by Gasteiger charge is -2.07. The van der Waals surface area contributed by atoms with Gasteiger partial charge in [0, 0.05) is 21.2 Å². The minimum absolute atomic E-state index is 0.160. The molecule has 0 fully saturated rings. The maximum atomic E-state index is 12.5. The molecule has 146 valence electrons. The maximum Gasteiger partial charge on any atom is 0.256 e. The van der Waals surface area contributed by atoms with E-state index in [1.54, 1.807) is 48.5 Å². The van der Waals surface area contributed by atoms with Crippen molar-refractivity contribution in [2.45, 2.75) is 20.3 Å². The van der Waals surface area contributed by atoms with E-state index in [4.69, 9.17) is 11.6 Å². The highest BCUT2D eigenvalue weighted by molar-refractivity contribution is 7.16. The molecule has 1 aromatic heterocycles. The van der Waals surface area contributed by atoms with Crippen molar-refractivity contribution in [1.82, 2.24) is 0 Å². The molecule has 2 aromatic carbocycles. The minimum atomic E-state index is -0.304. The quantitative estimate of drug-likeness (QED) is 0.582. The molecule has 0 aliphatic heterocycles. The minimum Gasteiger partial charge on any atom is -0.326 e. The highest BCUT2D eigenvalue weighted by atomic mass is 35.5. The number of anilines is 2. The van der Waals surface area contributed by atoms with E-state index in [1.165, 1.54) is 11.3 Å². The van der Waals surface area contributed by atoms with Crippen molar-refractivity contribution in [3.63, 3.8) is 0 Å². The smallest absolute Gasteiger partial charge is 0.256 e. The largest absolute Gasteiger partial charge is 0.326 e. The van der Waals surface area contributed by atoms with Crippen LogP contribution in [0.2, 0.25) is 5.02 Å². The molecule has 2 N–H and O–H groups in total. The van der Waals surface area contributed by atoms with Crippen LogP contribution in [0, 0.1) is 25.2 Å². The molecule has 0 aliphatic rings. The van der Waals surface area contributed by atoms with Crippen LogP contribution < -0.4 is 10.6 Å². The molecule has 0 saturated carbocycles. The van der Waals surface area contributed by atoms with Crippen molar-refractivity contribution in [3.05, 3.63) is 80.7 Å². The Kier molecular flexibility index (Phi) is 6.32. The lowest BCUT2D eigenvalue weighted by Crippen LogP contribution is -2.15. The molecule has 2 amide bonds.